The van der Waals surface area contributed by atoms with Crippen LogP contribution in [-0.4, -0.2) is 25.1 Å². The molecule has 0 aromatic heterocycles. The maximum Gasteiger partial charge on any atom is 0.262 e. The Morgan fingerprint density at radius 1 is 1.40 bits per heavy atom. The summed E-state index contributed by atoms with van der Waals surface area (Å²) in [6.07, 6.45) is 2.96. The van der Waals surface area contributed by atoms with E-state index in [9.17, 15) is 4.79 Å². The quantitative estimate of drug-likeness (QED) is 0.786. The average Bonchev–Trinajstić information content (AvgIpc) is 2.46. The Bertz CT molecular complexity index is 446. The molecular formula is C16H24N2O2. The zero-order valence-corrected chi connectivity index (χ0v) is 12.3. The van der Waals surface area contributed by atoms with Crippen LogP contribution in [0.1, 0.15) is 33.1 Å². The van der Waals surface area contributed by atoms with Crippen molar-refractivity contribution in [2.45, 2.75) is 39.2 Å². The van der Waals surface area contributed by atoms with Crippen molar-refractivity contribution < 1.29 is 9.53 Å². The van der Waals surface area contributed by atoms with Crippen molar-refractivity contribution in [1.29, 1.82) is 0 Å². The fourth-order valence-corrected chi connectivity index (χ4v) is 2.26. The molecule has 0 saturated heterocycles. The first-order valence-corrected chi connectivity index (χ1v) is 7.44. The van der Waals surface area contributed by atoms with E-state index < -0.39 is 6.10 Å². The minimum atomic E-state index is -0.435. The highest BCUT2D eigenvalue weighted by molar-refractivity contribution is 5.83. The van der Waals surface area contributed by atoms with Gasteiger partial charge >= 0.3 is 0 Å². The molecule has 2 N–H and O–H groups in total. The maximum absolute atomic E-state index is 12.0. The Balaban J connectivity index is 1.72. The smallest absolute Gasteiger partial charge is 0.262 e. The third-order valence-electron chi connectivity index (χ3n) is 3.43. The second kappa shape index (κ2) is 7.17. The van der Waals surface area contributed by atoms with E-state index in [4.69, 9.17) is 4.74 Å². The van der Waals surface area contributed by atoms with E-state index in [1.165, 1.54) is 6.42 Å². The van der Waals surface area contributed by atoms with E-state index in [0.29, 0.717) is 6.54 Å². The second-order valence-corrected chi connectivity index (χ2v) is 5.66. The third-order valence-corrected chi connectivity index (χ3v) is 3.43. The van der Waals surface area contributed by atoms with Crippen LogP contribution in [0.2, 0.25) is 0 Å². The van der Waals surface area contributed by atoms with Crippen LogP contribution in [-0.2, 0) is 4.79 Å². The Hall–Kier alpha value is -1.71. The van der Waals surface area contributed by atoms with Gasteiger partial charge < -0.3 is 15.4 Å². The van der Waals surface area contributed by atoms with E-state index in [2.05, 4.69) is 24.5 Å². The van der Waals surface area contributed by atoms with Gasteiger partial charge in [0, 0.05) is 6.54 Å². The molecule has 20 heavy (non-hydrogen) atoms. The molecule has 0 fully saturated rings. The molecule has 4 heteroatoms. The van der Waals surface area contributed by atoms with Crippen molar-refractivity contribution in [1.82, 2.24) is 5.32 Å². The van der Waals surface area contributed by atoms with E-state index in [0.717, 1.165) is 36.7 Å². The van der Waals surface area contributed by atoms with E-state index in [1.54, 1.807) is 0 Å². The van der Waals surface area contributed by atoms with Gasteiger partial charge in [-0.25, -0.2) is 0 Å². The van der Waals surface area contributed by atoms with Gasteiger partial charge in [-0.05, 0) is 24.5 Å². The van der Waals surface area contributed by atoms with Crippen molar-refractivity contribution in [2.24, 2.45) is 5.92 Å². The summed E-state index contributed by atoms with van der Waals surface area (Å²) in [5.74, 6) is 1.45. The SMILES string of the molecule is CC(C)CCCCNC(=O)C1CNc2ccccc2O1. The van der Waals surface area contributed by atoms with Crippen LogP contribution in [0.25, 0.3) is 0 Å². The van der Waals surface area contributed by atoms with Crippen LogP contribution in [0.4, 0.5) is 5.69 Å². The zero-order chi connectivity index (χ0) is 14.4. The number of hydrogen-bond acceptors (Lipinski definition) is 3. The Morgan fingerprint density at radius 2 is 2.20 bits per heavy atom. The Kier molecular flexibility index (Phi) is 5.27. The minimum absolute atomic E-state index is 0.0310. The van der Waals surface area contributed by atoms with Gasteiger partial charge in [0.05, 0.1) is 12.2 Å². The van der Waals surface area contributed by atoms with Crippen LogP contribution >= 0.6 is 0 Å². The van der Waals surface area contributed by atoms with Gasteiger partial charge in [-0.15, -0.1) is 0 Å². The summed E-state index contributed by atoms with van der Waals surface area (Å²) in [4.78, 5) is 12.0. The predicted molar refractivity (Wildman–Crippen MR) is 81.0 cm³/mol. The topological polar surface area (TPSA) is 50.4 Å². The van der Waals surface area contributed by atoms with Gasteiger partial charge in [-0.2, -0.15) is 0 Å². The monoisotopic (exact) mass is 276 g/mol. The van der Waals surface area contributed by atoms with Crippen molar-refractivity contribution in [2.75, 3.05) is 18.4 Å². The molecule has 1 unspecified atom stereocenters. The summed E-state index contributed by atoms with van der Waals surface area (Å²) in [7, 11) is 0. The molecule has 110 valence electrons. The molecule has 0 spiro atoms. The summed E-state index contributed by atoms with van der Waals surface area (Å²) in [5, 5.41) is 6.18. The lowest BCUT2D eigenvalue weighted by Gasteiger charge is -2.26. The van der Waals surface area contributed by atoms with E-state index in [1.807, 2.05) is 24.3 Å². The highest BCUT2D eigenvalue weighted by Gasteiger charge is 2.25. The summed E-state index contributed by atoms with van der Waals surface area (Å²) in [5.41, 5.74) is 0.952. The zero-order valence-electron chi connectivity index (χ0n) is 12.3. The summed E-state index contributed by atoms with van der Waals surface area (Å²) >= 11 is 0. The Labute approximate surface area is 120 Å². The van der Waals surface area contributed by atoms with Gasteiger partial charge in [-0.1, -0.05) is 38.8 Å². The van der Waals surface area contributed by atoms with Crippen LogP contribution in [0.15, 0.2) is 24.3 Å². The first kappa shape index (κ1) is 14.7. The molecule has 1 aliphatic heterocycles. The number of anilines is 1. The molecule has 0 radical (unpaired) electrons. The number of hydrogen-bond donors (Lipinski definition) is 2. The maximum atomic E-state index is 12.0. The predicted octanol–water partition coefficient (Wildman–Crippen LogP) is 2.80. The molecule has 0 bridgehead atoms. The molecule has 1 aliphatic rings. The van der Waals surface area contributed by atoms with Crippen LogP contribution < -0.4 is 15.4 Å². The van der Waals surface area contributed by atoms with Gasteiger partial charge in [0.2, 0.25) is 0 Å². The fourth-order valence-electron chi connectivity index (χ4n) is 2.26. The number of ether oxygens (including phenoxy) is 1. The molecule has 1 heterocycles. The fraction of sp³-hybridized carbons (Fsp3) is 0.562. The lowest BCUT2D eigenvalue weighted by Crippen LogP contribution is -2.44. The van der Waals surface area contributed by atoms with Crippen molar-refractivity contribution in [3.63, 3.8) is 0 Å². The Morgan fingerprint density at radius 3 is 3.00 bits per heavy atom. The number of carbonyl (C=O) groups excluding carboxylic acids is 1. The number of fused-ring (bicyclic) bond motifs is 1. The van der Waals surface area contributed by atoms with Gasteiger partial charge in [0.1, 0.15) is 5.75 Å². The van der Waals surface area contributed by atoms with Crippen LogP contribution in [0.5, 0.6) is 5.75 Å². The molecule has 1 atom stereocenters. The molecular weight excluding hydrogens is 252 g/mol. The van der Waals surface area contributed by atoms with Gasteiger partial charge in [0.25, 0.3) is 5.91 Å². The molecule has 0 aliphatic carbocycles. The number of rotatable bonds is 6. The number of amides is 1. The van der Waals surface area contributed by atoms with Crippen molar-refractivity contribution in [3.05, 3.63) is 24.3 Å². The lowest BCUT2D eigenvalue weighted by molar-refractivity contribution is -0.127. The molecule has 1 aromatic rings. The summed E-state index contributed by atoms with van der Waals surface area (Å²) in [6.45, 7) is 5.69. The molecule has 1 amide bonds. The first-order chi connectivity index (χ1) is 9.66. The second-order valence-electron chi connectivity index (χ2n) is 5.66. The van der Waals surface area contributed by atoms with Crippen LogP contribution in [0, 0.1) is 5.92 Å². The van der Waals surface area contributed by atoms with E-state index in [-0.39, 0.29) is 5.91 Å². The standard InChI is InChI=1S/C16H24N2O2/c1-12(2)7-5-6-10-17-16(19)15-11-18-13-8-3-4-9-14(13)20-15/h3-4,8-9,12,15,18H,5-7,10-11H2,1-2H3,(H,17,19). The number of unbranched alkanes of at least 4 members (excludes halogenated alkanes) is 1. The van der Waals surface area contributed by atoms with Gasteiger partial charge in [-0.3, -0.25) is 4.79 Å². The summed E-state index contributed by atoms with van der Waals surface area (Å²) < 4.78 is 5.71. The average molecular weight is 276 g/mol. The molecule has 0 saturated carbocycles. The largest absolute Gasteiger partial charge is 0.477 e. The molecule has 1 aromatic carbocycles. The molecule has 4 nitrogen and oxygen atoms in total. The van der Waals surface area contributed by atoms with Crippen molar-refractivity contribution >= 4 is 11.6 Å². The highest BCUT2D eigenvalue weighted by atomic mass is 16.5. The van der Waals surface area contributed by atoms with Gasteiger partial charge in [0.15, 0.2) is 6.10 Å². The lowest BCUT2D eigenvalue weighted by atomic mass is 10.1. The number of benzene rings is 1. The minimum Gasteiger partial charge on any atom is -0.477 e. The highest BCUT2D eigenvalue weighted by Crippen LogP contribution is 2.28. The number of nitrogens with one attached hydrogen (secondary N) is 2. The summed E-state index contributed by atoms with van der Waals surface area (Å²) in [6, 6.07) is 7.69. The first-order valence-electron chi connectivity index (χ1n) is 7.44. The third kappa shape index (κ3) is 4.15. The molecule has 2 rings (SSSR count). The van der Waals surface area contributed by atoms with Crippen molar-refractivity contribution in [3.8, 4) is 5.75 Å². The normalized spacial score (nSPS) is 17.1. The van der Waals surface area contributed by atoms with Crippen LogP contribution in [0.3, 0.4) is 0 Å². The number of carbonyl (C=O) groups is 1. The van der Waals surface area contributed by atoms with E-state index >= 15 is 0 Å². The number of para-hydroxylation sites is 2.